The quantitative estimate of drug-likeness (QED) is 0.170. The molecule has 0 amide bonds. The molecule has 0 saturated carbocycles. The van der Waals surface area contributed by atoms with Gasteiger partial charge in [-0.1, -0.05) is 152 Å². The maximum atomic E-state index is 9.88. The monoisotopic (exact) mass is 693 g/mol. The molecule has 54 heavy (non-hydrogen) atoms. The van der Waals surface area contributed by atoms with Crippen LogP contribution in [0.2, 0.25) is 0 Å². The minimum atomic E-state index is -0.419. The molecular weight excluding hydrogens is 653 g/mol. The fourth-order valence-electron chi connectivity index (χ4n) is 8.03. The summed E-state index contributed by atoms with van der Waals surface area (Å²) in [7, 11) is 0. The van der Waals surface area contributed by atoms with Gasteiger partial charge in [-0.2, -0.15) is 0 Å². The Labute approximate surface area is 323 Å². The van der Waals surface area contributed by atoms with Crippen molar-refractivity contribution < 1.29 is 9.60 Å². The van der Waals surface area contributed by atoms with Crippen molar-refractivity contribution in [1.82, 2.24) is 9.13 Å². The molecule has 0 aliphatic heterocycles. The third-order valence-corrected chi connectivity index (χ3v) is 10.5. The molecule has 11 rings (SSSR count). The van der Waals surface area contributed by atoms with Crippen molar-refractivity contribution in [2.75, 3.05) is 0 Å². The zero-order valence-corrected chi connectivity index (χ0v) is 29.0. The molecule has 0 bridgehead atoms. The topological polar surface area (TPSA) is 9.86 Å². The SMILES string of the molecule is [2H]c1c([2H])c([2H])c2c(c1[2H])c1c([2H])c(-c3ccc4c(c3)c3cccc(-c5ccccc5)c3n4-c3cccc(-c4ccccc4)c3)c([2H])c([2H])c1n2-c1ccc2ccccc2c1. The smallest absolute Gasteiger partial charge is 0.0645 e. The molecule has 0 fully saturated rings. The summed E-state index contributed by atoms with van der Waals surface area (Å²) in [5.41, 5.74) is 8.93. The van der Waals surface area contributed by atoms with E-state index in [0.717, 1.165) is 60.5 Å². The van der Waals surface area contributed by atoms with Crippen molar-refractivity contribution in [3.05, 3.63) is 206 Å². The van der Waals surface area contributed by atoms with Crippen molar-refractivity contribution in [2.45, 2.75) is 0 Å². The van der Waals surface area contributed by atoms with Gasteiger partial charge in [0.25, 0.3) is 0 Å². The fraction of sp³-hybridized carbons (Fsp3) is 0. The predicted octanol–water partition coefficient (Wildman–Crippen LogP) is 14.0. The van der Waals surface area contributed by atoms with Crippen LogP contribution in [-0.4, -0.2) is 9.13 Å². The number of rotatable bonds is 5. The minimum absolute atomic E-state index is 0.0748. The standard InChI is InChI=1S/C52H34N2/c1-3-13-35(14-4-1)39-19-11-20-42(31-39)54-51-30-27-41(34-48(51)46-23-12-22-44(52(46)54)37-16-5-2-6-17-37)40-26-29-50-47(33-40)45-21-9-10-24-49(45)53(50)43-28-25-36-15-7-8-18-38(36)32-43/h1-34H/i9D,10D,21D,24D,26D,29D,33D. The summed E-state index contributed by atoms with van der Waals surface area (Å²) in [5, 5.41) is 4.14. The third kappa shape index (κ3) is 4.81. The van der Waals surface area contributed by atoms with E-state index < -0.39 is 12.1 Å². The van der Waals surface area contributed by atoms with E-state index in [1.807, 2.05) is 97.1 Å². The lowest BCUT2D eigenvalue weighted by atomic mass is 9.99. The zero-order chi connectivity index (χ0) is 41.7. The van der Waals surface area contributed by atoms with Crippen LogP contribution >= 0.6 is 0 Å². The van der Waals surface area contributed by atoms with E-state index in [2.05, 4.69) is 71.3 Å². The number of para-hydroxylation sites is 2. The molecule has 2 heteroatoms. The zero-order valence-electron chi connectivity index (χ0n) is 36.0. The van der Waals surface area contributed by atoms with Gasteiger partial charge in [0.1, 0.15) is 0 Å². The lowest BCUT2D eigenvalue weighted by molar-refractivity contribution is 1.18. The molecule has 2 aromatic heterocycles. The molecule has 0 saturated heterocycles. The van der Waals surface area contributed by atoms with Gasteiger partial charge in [-0.25, -0.2) is 0 Å². The summed E-state index contributed by atoms with van der Waals surface area (Å²) in [6.07, 6.45) is 0. The van der Waals surface area contributed by atoms with Crippen molar-refractivity contribution in [3.63, 3.8) is 0 Å². The maximum Gasteiger partial charge on any atom is 0.0645 e. The molecule has 0 unspecified atom stereocenters. The minimum Gasteiger partial charge on any atom is -0.309 e. The average Bonchev–Trinajstić information content (AvgIpc) is 3.84. The van der Waals surface area contributed by atoms with Gasteiger partial charge >= 0.3 is 0 Å². The Hall–Kier alpha value is -7.16. The summed E-state index contributed by atoms with van der Waals surface area (Å²) in [6, 6.07) is 53.0. The van der Waals surface area contributed by atoms with E-state index in [1.54, 1.807) is 4.57 Å². The van der Waals surface area contributed by atoms with Crippen LogP contribution in [0.5, 0.6) is 0 Å². The number of aromatic nitrogens is 2. The molecule has 0 spiro atoms. The highest BCUT2D eigenvalue weighted by atomic mass is 15.0. The van der Waals surface area contributed by atoms with Crippen molar-refractivity contribution in [2.24, 2.45) is 0 Å². The summed E-state index contributed by atoms with van der Waals surface area (Å²) in [4.78, 5) is 0. The first kappa shape index (κ1) is 24.2. The molecule has 0 N–H and O–H groups in total. The van der Waals surface area contributed by atoms with E-state index in [0.29, 0.717) is 11.3 Å². The highest BCUT2D eigenvalue weighted by Crippen LogP contribution is 2.41. The van der Waals surface area contributed by atoms with Gasteiger partial charge in [-0.05, 0) is 93.1 Å². The number of hydrogen-bond acceptors (Lipinski definition) is 0. The Morgan fingerprint density at radius 1 is 0.352 bits per heavy atom. The second kappa shape index (κ2) is 12.2. The Balaban J connectivity index is 1.21. The van der Waals surface area contributed by atoms with Gasteiger partial charge in [-0.15, -0.1) is 0 Å². The number of benzene rings is 9. The van der Waals surface area contributed by atoms with Crippen LogP contribution in [0.4, 0.5) is 0 Å². The molecule has 0 atom stereocenters. The Morgan fingerprint density at radius 2 is 1.06 bits per heavy atom. The van der Waals surface area contributed by atoms with Crippen LogP contribution in [0, 0.1) is 0 Å². The second-order valence-electron chi connectivity index (χ2n) is 13.6. The Bertz CT molecular complexity index is 3610. The van der Waals surface area contributed by atoms with Gasteiger partial charge in [0.15, 0.2) is 0 Å². The first-order valence-corrected chi connectivity index (χ1v) is 18.0. The molecular formula is C52H34N2. The molecule has 0 aliphatic carbocycles. The molecule has 11 aromatic rings. The third-order valence-electron chi connectivity index (χ3n) is 10.5. The first-order chi connectivity index (χ1) is 29.7. The summed E-state index contributed by atoms with van der Waals surface area (Å²) < 4.78 is 68.6. The molecule has 2 heterocycles. The van der Waals surface area contributed by atoms with Gasteiger partial charge in [0, 0.05) is 38.5 Å². The van der Waals surface area contributed by atoms with Crippen LogP contribution in [-0.2, 0) is 0 Å². The van der Waals surface area contributed by atoms with Crippen molar-refractivity contribution in [3.8, 4) is 44.8 Å². The lowest BCUT2D eigenvalue weighted by Crippen LogP contribution is -1.96. The summed E-state index contributed by atoms with van der Waals surface area (Å²) in [5.74, 6) is 0. The van der Waals surface area contributed by atoms with Crippen molar-refractivity contribution >= 4 is 54.4 Å². The summed E-state index contributed by atoms with van der Waals surface area (Å²) >= 11 is 0. The molecule has 0 radical (unpaired) electrons. The highest BCUT2D eigenvalue weighted by Gasteiger charge is 2.19. The van der Waals surface area contributed by atoms with Crippen LogP contribution in [0.3, 0.4) is 0 Å². The molecule has 9 aromatic carbocycles. The van der Waals surface area contributed by atoms with Crippen LogP contribution in [0.1, 0.15) is 9.60 Å². The van der Waals surface area contributed by atoms with E-state index in [-0.39, 0.29) is 57.6 Å². The van der Waals surface area contributed by atoms with E-state index in [4.69, 9.17) is 5.48 Å². The van der Waals surface area contributed by atoms with E-state index >= 15 is 0 Å². The Morgan fingerprint density at radius 3 is 1.93 bits per heavy atom. The normalized spacial score (nSPS) is 13.5. The van der Waals surface area contributed by atoms with Crippen molar-refractivity contribution in [1.29, 1.82) is 0 Å². The van der Waals surface area contributed by atoms with Crippen LogP contribution < -0.4 is 0 Å². The largest absolute Gasteiger partial charge is 0.309 e. The van der Waals surface area contributed by atoms with Gasteiger partial charge in [0.05, 0.1) is 31.7 Å². The molecule has 0 aliphatic rings. The number of nitrogens with zero attached hydrogens (tertiary/aromatic N) is 2. The highest BCUT2D eigenvalue weighted by molar-refractivity contribution is 6.15. The maximum absolute atomic E-state index is 9.88. The fourth-order valence-corrected chi connectivity index (χ4v) is 8.03. The van der Waals surface area contributed by atoms with Gasteiger partial charge in [-0.3, -0.25) is 0 Å². The summed E-state index contributed by atoms with van der Waals surface area (Å²) in [6.45, 7) is 0. The second-order valence-corrected chi connectivity index (χ2v) is 13.6. The lowest BCUT2D eigenvalue weighted by Gasteiger charge is -2.13. The Kier molecular flexibility index (Phi) is 5.47. The average molecular weight is 694 g/mol. The van der Waals surface area contributed by atoms with E-state index in [1.165, 1.54) is 0 Å². The number of hydrogen-bond donors (Lipinski definition) is 0. The molecule has 2 nitrogen and oxygen atoms in total. The molecule has 252 valence electrons. The van der Waals surface area contributed by atoms with Crippen LogP contribution in [0.15, 0.2) is 206 Å². The predicted molar refractivity (Wildman–Crippen MR) is 229 cm³/mol. The van der Waals surface area contributed by atoms with Gasteiger partial charge < -0.3 is 9.13 Å². The van der Waals surface area contributed by atoms with Gasteiger partial charge in [0.2, 0.25) is 0 Å². The van der Waals surface area contributed by atoms with E-state index in [9.17, 15) is 4.11 Å². The van der Waals surface area contributed by atoms with Crippen LogP contribution in [0.25, 0.3) is 99.1 Å². The number of fused-ring (bicyclic) bond motifs is 7. The first-order valence-electron chi connectivity index (χ1n) is 21.5.